The molecule has 21 heavy (non-hydrogen) atoms. The molecule has 0 radical (unpaired) electrons. The van der Waals surface area contributed by atoms with Gasteiger partial charge in [0.15, 0.2) is 0 Å². The van der Waals surface area contributed by atoms with Crippen molar-refractivity contribution in [2.24, 2.45) is 5.92 Å². The summed E-state index contributed by atoms with van der Waals surface area (Å²) in [4.78, 5) is 2.54. The van der Waals surface area contributed by atoms with E-state index in [1.54, 1.807) is 7.11 Å². The van der Waals surface area contributed by atoms with Crippen LogP contribution in [0.25, 0.3) is 0 Å². The SMILES string of the molecule is CCNC(c1ccc(OC)cc1)C(C)N(C)C(C)C1CC1. The predicted octanol–water partition coefficient (Wildman–Crippen LogP) is 3.46. The predicted molar refractivity (Wildman–Crippen MR) is 88.8 cm³/mol. The van der Waals surface area contributed by atoms with E-state index in [-0.39, 0.29) is 0 Å². The number of hydrogen-bond donors (Lipinski definition) is 1. The Morgan fingerprint density at radius 3 is 2.33 bits per heavy atom. The van der Waals surface area contributed by atoms with Gasteiger partial charge in [0.05, 0.1) is 7.11 Å². The Bertz CT molecular complexity index is 427. The Kier molecular flexibility index (Phi) is 5.65. The summed E-state index contributed by atoms with van der Waals surface area (Å²) in [5, 5.41) is 3.65. The van der Waals surface area contributed by atoms with Crippen LogP contribution in [-0.4, -0.2) is 37.7 Å². The minimum Gasteiger partial charge on any atom is -0.497 e. The monoisotopic (exact) mass is 290 g/mol. The number of rotatable bonds is 8. The van der Waals surface area contributed by atoms with Gasteiger partial charge < -0.3 is 10.1 Å². The summed E-state index contributed by atoms with van der Waals surface area (Å²) in [5.41, 5.74) is 1.33. The van der Waals surface area contributed by atoms with E-state index in [0.29, 0.717) is 18.1 Å². The molecular weight excluding hydrogens is 260 g/mol. The molecule has 118 valence electrons. The van der Waals surface area contributed by atoms with Gasteiger partial charge in [-0.2, -0.15) is 0 Å². The first-order valence-electron chi connectivity index (χ1n) is 8.17. The van der Waals surface area contributed by atoms with E-state index in [9.17, 15) is 0 Å². The topological polar surface area (TPSA) is 24.5 Å². The molecule has 1 saturated carbocycles. The molecule has 1 aliphatic carbocycles. The number of hydrogen-bond acceptors (Lipinski definition) is 3. The fraction of sp³-hybridized carbons (Fsp3) is 0.667. The third-order valence-electron chi connectivity index (χ3n) is 4.97. The minimum atomic E-state index is 0.354. The molecule has 0 spiro atoms. The van der Waals surface area contributed by atoms with Crippen LogP contribution in [-0.2, 0) is 0 Å². The highest BCUT2D eigenvalue weighted by molar-refractivity contribution is 5.30. The van der Waals surface area contributed by atoms with Gasteiger partial charge in [0.1, 0.15) is 5.75 Å². The molecule has 2 rings (SSSR count). The van der Waals surface area contributed by atoms with Crippen LogP contribution in [0, 0.1) is 5.92 Å². The smallest absolute Gasteiger partial charge is 0.118 e. The molecule has 1 N–H and O–H groups in total. The third-order valence-corrected chi connectivity index (χ3v) is 4.97. The van der Waals surface area contributed by atoms with Crippen LogP contribution >= 0.6 is 0 Å². The largest absolute Gasteiger partial charge is 0.497 e. The average Bonchev–Trinajstić information content (AvgIpc) is 3.35. The molecule has 3 nitrogen and oxygen atoms in total. The lowest BCUT2D eigenvalue weighted by atomic mass is 9.97. The highest BCUT2D eigenvalue weighted by Gasteiger charge is 2.34. The van der Waals surface area contributed by atoms with Crippen LogP contribution in [0.3, 0.4) is 0 Å². The van der Waals surface area contributed by atoms with Crippen LogP contribution in [0.4, 0.5) is 0 Å². The molecule has 3 atom stereocenters. The van der Waals surface area contributed by atoms with Gasteiger partial charge in [-0.3, -0.25) is 4.90 Å². The average molecular weight is 290 g/mol. The lowest BCUT2D eigenvalue weighted by Crippen LogP contribution is -2.45. The maximum Gasteiger partial charge on any atom is 0.118 e. The van der Waals surface area contributed by atoms with E-state index in [4.69, 9.17) is 4.74 Å². The Morgan fingerprint density at radius 1 is 1.24 bits per heavy atom. The van der Waals surface area contributed by atoms with Crippen molar-refractivity contribution in [2.45, 2.75) is 51.7 Å². The molecule has 0 amide bonds. The standard InChI is InChI=1S/C18H30N2O/c1-6-19-18(16-9-11-17(21-5)12-10-16)14(3)20(4)13(2)15-7-8-15/h9-15,18-19H,6-8H2,1-5H3. The zero-order chi connectivity index (χ0) is 15.4. The number of ether oxygens (including phenoxy) is 1. The van der Waals surface area contributed by atoms with Gasteiger partial charge in [-0.1, -0.05) is 19.1 Å². The number of nitrogens with zero attached hydrogens (tertiary/aromatic N) is 1. The molecule has 0 bridgehead atoms. The summed E-state index contributed by atoms with van der Waals surface area (Å²) in [5.74, 6) is 1.82. The summed E-state index contributed by atoms with van der Waals surface area (Å²) in [6.45, 7) is 7.85. The molecule has 0 aromatic heterocycles. The van der Waals surface area contributed by atoms with Crippen LogP contribution in [0.15, 0.2) is 24.3 Å². The summed E-state index contributed by atoms with van der Waals surface area (Å²) in [7, 11) is 3.98. The van der Waals surface area contributed by atoms with Crippen LogP contribution < -0.4 is 10.1 Å². The van der Waals surface area contributed by atoms with E-state index in [1.807, 2.05) is 0 Å². The first kappa shape index (κ1) is 16.3. The van der Waals surface area contributed by atoms with Crippen molar-refractivity contribution < 1.29 is 4.74 Å². The van der Waals surface area contributed by atoms with E-state index >= 15 is 0 Å². The minimum absolute atomic E-state index is 0.354. The summed E-state index contributed by atoms with van der Waals surface area (Å²) >= 11 is 0. The zero-order valence-electron chi connectivity index (χ0n) is 14.1. The van der Waals surface area contributed by atoms with Crippen molar-refractivity contribution in [3.63, 3.8) is 0 Å². The van der Waals surface area contributed by atoms with E-state index in [2.05, 4.69) is 62.3 Å². The lowest BCUT2D eigenvalue weighted by molar-refractivity contribution is 0.145. The maximum atomic E-state index is 5.26. The van der Waals surface area contributed by atoms with Crippen molar-refractivity contribution in [3.05, 3.63) is 29.8 Å². The second-order valence-corrected chi connectivity index (χ2v) is 6.29. The van der Waals surface area contributed by atoms with Crippen LogP contribution in [0.1, 0.15) is 45.2 Å². The zero-order valence-corrected chi connectivity index (χ0v) is 14.1. The summed E-state index contributed by atoms with van der Waals surface area (Å²) < 4.78 is 5.26. The van der Waals surface area contributed by atoms with Gasteiger partial charge in [0.25, 0.3) is 0 Å². The lowest BCUT2D eigenvalue weighted by Gasteiger charge is -2.37. The van der Waals surface area contributed by atoms with E-state index in [0.717, 1.165) is 18.2 Å². The number of benzene rings is 1. The molecular formula is C18H30N2O. The van der Waals surface area contributed by atoms with Crippen molar-refractivity contribution in [1.82, 2.24) is 10.2 Å². The van der Waals surface area contributed by atoms with Crippen LogP contribution in [0.2, 0.25) is 0 Å². The first-order chi connectivity index (χ1) is 10.1. The van der Waals surface area contributed by atoms with E-state index in [1.165, 1.54) is 18.4 Å². The Hall–Kier alpha value is -1.06. The number of likely N-dealkylation sites (N-methyl/N-ethyl adjacent to an activating group) is 2. The molecule has 1 aliphatic rings. The van der Waals surface area contributed by atoms with Gasteiger partial charge in [-0.15, -0.1) is 0 Å². The van der Waals surface area contributed by atoms with Crippen molar-refractivity contribution in [2.75, 3.05) is 20.7 Å². The van der Waals surface area contributed by atoms with Gasteiger partial charge in [-0.05, 0) is 63.9 Å². The molecule has 1 fully saturated rings. The molecule has 0 saturated heterocycles. The number of methoxy groups -OCH3 is 1. The summed E-state index contributed by atoms with van der Waals surface area (Å²) in [6, 6.07) is 9.95. The fourth-order valence-electron chi connectivity index (χ4n) is 3.12. The van der Waals surface area contributed by atoms with E-state index < -0.39 is 0 Å². The van der Waals surface area contributed by atoms with Crippen LogP contribution in [0.5, 0.6) is 5.75 Å². The highest BCUT2D eigenvalue weighted by Crippen LogP contribution is 2.36. The highest BCUT2D eigenvalue weighted by atomic mass is 16.5. The Balaban J connectivity index is 2.11. The van der Waals surface area contributed by atoms with Crippen molar-refractivity contribution in [3.8, 4) is 5.75 Å². The molecule has 3 heteroatoms. The van der Waals surface area contributed by atoms with Gasteiger partial charge >= 0.3 is 0 Å². The quantitative estimate of drug-likeness (QED) is 0.793. The second kappa shape index (κ2) is 7.28. The molecule has 1 aromatic carbocycles. The van der Waals surface area contributed by atoms with Crippen molar-refractivity contribution in [1.29, 1.82) is 0 Å². The Morgan fingerprint density at radius 2 is 1.86 bits per heavy atom. The molecule has 0 aliphatic heterocycles. The van der Waals surface area contributed by atoms with Gasteiger partial charge in [0, 0.05) is 18.1 Å². The first-order valence-corrected chi connectivity index (χ1v) is 8.17. The van der Waals surface area contributed by atoms with Gasteiger partial charge in [-0.25, -0.2) is 0 Å². The molecule has 1 aromatic rings. The van der Waals surface area contributed by atoms with Gasteiger partial charge in [0.2, 0.25) is 0 Å². The summed E-state index contributed by atoms with van der Waals surface area (Å²) in [6.07, 6.45) is 2.79. The third kappa shape index (κ3) is 3.98. The fourth-order valence-corrected chi connectivity index (χ4v) is 3.12. The maximum absolute atomic E-state index is 5.26. The van der Waals surface area contributed by atoms with Crippen molar-refractivity contribution >= 4 is 0 Å². The normalized spacial score (nSPS) is 19.3. The molecule has 3 unspecified atom stereocenters. The molecule has 0 heterocycles. The number of nitrogens with one attached hydrogen (secondary N) is 1. The second-order valence-electron chi connectivity index (χ2n) is 6.29. The Labute approximate surface area is 129 Å².